The van der Waals surface area contributed by atoms with Crippen LogP contribution in [0.4, 0.5) is 4.79 Å². The molecule has 1 saturated heterocycles. The van der Waals surface area contributed by atoms with Crippen molar-refractivity contribution in [3.63, 3.8) is 0 Å². The first-order chi connectivity index (χ1) is 10.3. The number of halogens is 1. The predicted molar refractivity (Wildman–Crippen MR) is 84.7 cm³/mol. The number of carbonyl (C=O) groups is 1. The Bertz CT molecular complexity index is 513. The number of nitrogens with one attached hydrogen (secondary N) is 2. The summed E-state index contributed by atoms with van der Waals surface area (Å²) < 4.78 is 5.36. The van der Waals surface area contributed by atoms with Crippen molar-refractivity contribution in [3.05, 3.63) is 23.2 Å². The summed E-state index contributed by atoms with van der Waals surface area (Å²) in [4.78, 5) is 20.7. The van der Waals surface area contributed by atoms with Crippen molar-refractivity contribution in [2.24, 2.45) is 5.92 Å². The smallest absolute Gasteiger partial charge is 0.408 e. The number of hydrogen-bond acceptors (Lipinski definition) is 5. The molecule has 1 aliphatic heterocycles. The van der Waals surface area contributed by atoms with Gasteiger partial charge >= 0.3 is 6.09 Å². The van der Waals surface area contributed by atoms with Crippen LogP contribution in [0.5, 0.6) is 0 Å². The third-order valence-electron chi connectivity index (χ3n) is 3.45. The zero-order chi connectivity index (χ0) is 16.2. The van der Waals surface area contributed by atoms with Crippen molar-refractivity contribution in [1.82, 2.24) is 20.6 Å². The van der Waals surface area contributed by atoms with Gasteiger partial charge in [0.05, 0.1) is 6.04 Å². The van der Waals surface area contributed by atoms with E-state index in [0.29, 0.717) is 11.0 Å². The molecule has 2 N–H and O–H groups in total. The first-order valence-electron chi connectivity index (χ1n) is 7.54. The number of alkyl carbamates (subject to hydrolysis) is 1. The van der Waals surface area contributed by atoms with E-state index in [0.717, 1.165) is 25.9 Å². The second-order valence-corrected chi connectivity index (χ2v) is 6.84. The van der Waals surface area contributed by atoms with Crippen LogP contribution in [-0.2, 0) is 4.74 Å². The van der Waals surface area contributed by atoms with Crippen molar-refractivity contribution in [3.8, 4) is 0 Å². The molecule has 0 spiro atoms. The van der Waals surface area contributed by atoms with Crippen LogP contribution in [0.3, 0.4) is 0 Å². The van der Waals surface area contributed by atoms with Gasteiger partial charge in [0.1, 0.15) is 10.8 Å². The largest absolute Gasteiger partial charge is 0.444 e. The van der Waals surface area contributed by atoms with Crippen LogP contribution < -0.4 is 10.6 Å². The Kier molecular flexibility index (Phi) is 5.58. The van der Waals surface area contributed by atoms with Gasteiger partial charge in [0.15, 0.2) is 5.82 Å². The van der Waals surface area contributed by atoms with E-state index in [-0.39, 0.29) is 12.0 Å². The van der Waals surface area contributed by atoms with E-state index in [4.69, 9.17) is 16.3 Å². The Hall–Kier alpha value is -1.40. The molecule has 1 unspecified atom stereocenters. The van der Waals surface area contributed by atoms with Gasteiger partial charge in [0.2, 0.25) is 0 Å². The van der Waals surface area contributed by atoms with Crippen LogP contribution in [0.2, 0.25) is 5.15 Å². The molecule has 1 amide bonds. The third-order valence-corrected chi connectivity index (χ3v) is 3.66. The van der Waals surface area contributed by atoms with E-state index in [1.807, 2.05) is 20.8 Å². The van der Waals surface area contributed by atoms with E-state index < -0.39 is 11.7 Å². The number of ether oxygens (including phenoxy) is 1. The topological polar surface area (TPSA) is 76.1 Å². The normalized spacial score (nSPS) is 17.8. The zero-order valence-corrected chi connectivity index (χ0v) is 14.0. The number of hydrogen-bond donors (Lipinski definition) is 2. The van der Waals surface area contributed by atoms with Crippen LogP contribution >= 0.6 is 11.6 Å². The minimum absolute atomic E-state index is 0.257. The Balaban J connectivity index is 2.16. The van der Waals surface area contributed by atoms with Crippen molar-refractivity contribution in [2.45, 2.75) is 45.3 Å². The SMILES string of the molecule is CC(C)(C)OC(=O)NC(c1nccc(Cl)n1)C1CCNCC1. The van der Waals surface area contributed by atoms with Crippen LogP contribution in [-0.4, -0.2) is 34.8 Å². The average Bonchev–Trinajstić information content (AvgIpc) is 2.44. The van der Waals surface area contributed by atoms with Crippen molar-refractivity contribution >= 4 is 17.7 Å². The highest BCUT2D eigenvalue weighted by Crippen LogP contribution is 2.27. The van der Waals surface area contributed by atoms with Gasteiger partial charge in [-0.05, 0) is 58.7 Å². The molecular formula is C15H23ClN4O2. The van der Waals surface area contributed by atoms with Gasteiger partial charge in [-0.15, -0.1) is 0 Å². The van der Waals surface area contributed by atoms with E-state index in [9.17, 15) is 4.79 Å². The van der Waals surface area contributed by atoms with E-state index in [1.54, 1.807) is 12.3 Å². The fourth-order valence-electron chi connectivity index (χ4n) is 2.51. The van der Waals surface area contributed by atoms with Gasteiger partial charge in [-0.1, -0.05) is 11.6 Å². The first kappa shape index (κ1) is 17.0. The molecule has 1 fully saturated rings. The standard InChI is InChI=1S/C15H23ClN4O2/c1-15(2,3)22-14(21)20-12(10-4-7-17-8-5-10)13-18-9-6-11(16)19-13/h6,9-10,12,17H,4-5,7-8H2,1-3H3,(H,20,21). The lowest BCUT2D eigenvalue weighted by atomic mass is 9.89. The van der Waals surface area contributed by atoms with Gasteiger partial charge in [-0.25, -0.2) is 14.8 Å². The Labute approximate surface area is 136 Å². The number of rotatable bonds is 3. The van der Waals surface area contributed by atoms with Gasteiger partial charge < -0.3 is 15.4 Å². The molecule has 0 bridgehead atoms. The molecule has 6 nitrogen and oxygen atoms in total. The Morgan fingerprint density at radius 3 is 2.73 bits per heavy atom. The quantitative estimate of drug-likeness (QED) is 0.835. The summed E-state index contributed by atoms with van der Waals surface area (Å²) in [6, 6.07) is 1.33. The fourth-order valence-corrected chi connectivity index (χ4v) is 2.65. The molecule has 1 aromatic heterocycles. The molecule has 7 heteroatoms. The number of nitrogens with zero attached hydrogens (tertiary/aromatic N) is 2. The molecule has 0 aromatic carbocycles. The highest BCUT2D eigenvalue weighted by Gasteiger charge is 2.30. The first-order valence-corrected chi connectivity index (χ1v) is 7.91. The van der Waals surface area contributed by atoms with Crippen LogP contribution in [0.15, 0.2) is 12.3 Å². The monoisotopic (exact) mass is 326 g/mol. The number of aromatic nitrogens is 2. The molecule has 0 aliphatic carbocycles. The molecule has 1 atom stereocenters. The predicted octanol–water partition coefficient (Wildman–Crippen LogP) is 2.70. The summed E-state index contributed by atoms with van der Waals surface area (Å²) in [5.41, 5.74) is -0.544. The van der Waals surface area contributed by atoms with Gasteiger partial charge in [-0.3, -0.25) is 0 Å². The van der Waals surface area contributed by atoms with E-state index in [1.165, 1.54) is 0 Å². The summed E-state index contributed by atoms with van der Waals surface area (Å²) >= 11 is 5.96. The lowest BCUT2D eigenvalue weighted by Gasteiger charge is -2.31. The van der Waals surface area contributed by atoms with Gasteiger partial charge in [0.25, 0.3) is 0 Å². The average molecular weight is 327 g/mol. The lowest BCUT2D eigenvalue weighted by Crippen LogP contribution is -2.41. The van der Waals surface area contributed by atoms with Crippen molar-refractivity contribution in [1.29, 1.82) is 0 Å². The molecular weight excluding hydrogens is 304 g/mol. The molecule has 1 aliphatic rings. The second-order valence-electron chi connectivity index (χ2n) is 6.45. The summed E-state index contributed by atoms with van der Waals surface area (Å²) in [6.07, 6.45) is 3.03. The fraction of sp³-hybridized carbons (Fsp3) is 0.667. The summed E-state index contributed by atoms with van der Waals surface area (Å²) in [7, 11) is 0. The molecule has 2 heterocycles. The highest BCUT2D eigenvalue weighted by atomic mass is 35.5. The van der Waals surface area contributed by atoms with Crippen LogP contribution in [0, 0.1) is 5.92 Å². The molecule has 22 heavy (non-hydrogen) atoms. The van der Waals surface area contributed by atoms with Crippen LogP contribution in [0.1, 0.15) is 45.5 Å². The zero-order valence-electron chi connectivity index (χ0n) is 13.2. The van der Waals surface area contributed by atoms with Gasteiger partial charge in [0, 0.05) is 6.20 Å². The summed E-state index contributed by atoms with van der Waals surface area (Å²) in [6.45, 7) is 7.33. The third kappa shape index (κ3) is 5.10. The van der Waals surface area contributed by atoms with Crippen LogP contribution in [0.25, 0.3) is 0 Å². The Morgan fingerprint density at radius 1 is 1.45 bits per heavy atom. The molecule has 0 saturated carbocycles. The lowest BCUT2D eigenvalue weighted by molar-refractivity contribution is 0.0473. The van der Waals surface area contributed by atoms with E-state index in [2.05, 4.69) is 20.6 Å². The minimum atomic E-state index is -0.544. The number of amides is 1. The maximum atomic E-state index is 12.1. The Morgan fingerprint density at radius 2 is 2.14 bits per heavy atom. The number of carbonyl (C=O) groups excluding carboxylic acids is 1. The number of piperidine rings is 1. The second kappa shape index (κ2) is 7.24. The minimum Gasteiger partial charge on any atom is -0.444 e. The maximum absolute atomic E-state index is 12.1. The van der Waals surface area contributed by atoms with Crippen molar-refractivity contribution < 1.29 is 9.53 Å². The van der Waals surface area contributed by atoms with Crippen molar-refractivity contribution in [2.75, 3.05) is 13.1 Å². The summed E-state index contributed by atoms with van der Waals surface area (Å²) in [5, 5.41) is 6.60. The highest BCUT2D eigenvalue weighted by molar-refractivity contribution is 6.29. The summed E-state index contributed by atoms with van der Waals surface area (Å²) in [5.74, 6) is 0.789. The van der Waals surface area contributed by atoms with E-state index >= 15 is 0 Å². The molecule has 122 valence electrons. The molecule has 2 rings (SSSR count). The molecule has 0 radical (unpaired) electrons. The maximum Gasteiger partial charge on any atom is 0.408 e. The van der Waals surface area contributed by atoms with Gasteiger partial charge in [-0.2, -0.15) is 0 Å². The molecule has 1 aromatic rings.